The Labute approximate surface area is 158 Å². The van der Waals surface area contributed by atoms with E-state index in [9.17, 15) is 14.4 Å². The Morgan fingerprint density at radius 2 is 1.81 bits per heavy atom. The first kappa shape index (κ1) is 18.8. The highest BCUT2D eigenvalue weighted by Gasteiger charge is 2.27. The lowest BCUT2D eigenvalue weighted by Gasteiger charge is -2.34. The number of rotatable bonds is 4. The number of aromatic amines is 1. The van der Waals surface area contributed by atoms with Crippen molar-refractivity contribution >= 4 is 17.5 Å². The molecule has 2 amide bonds. The molecule has 1 fully saturated rings. The van der Waals surface area contributed by atoms with Gasteiger partial charge in [0.1, 0.15) is 6.54 Å². The second-order valence-corrected chi connectivity index (χ2v) is 6.93. The number of benzene rings is 1. The van der Waals surface area contributed by atoms with E-state index in [4.69, 9.17) is 0 Å². The van der Waals surface area contributed by atoms with Crippen molar-refractivity contribution in [3.05, 3.63) is 57.3 Å². The molecule has 142 valence electrons. The summed E-state index contributed by atoms with van der Waals surface area (Å²) in [4.78, 5) is 46.3. The zero-order valence-corrected chi connectivity index (χ0v) is 15.9. The van der Waals surface area contributed by atoms with E-state index in [1.54, 1.807) is 23.6 Å². The van der Waals surface area contributed by atoms with Crippen molar-refractivity contribution in [1.29, 1.82) is 0 Å². The van der Waals surface area contributed by atoms with Gasteiger partial charge in [-0.3, -0.25) is 9.59 Å². The maximum absolute atomic E-state index is 12.6. The SMILES string of the molecule is Cc1ccc(N2CCN(C(=O)CCc3c(C)nc(=O)[nH]c3C)CC2=O)cc1. The van der Waals surface area contributed by atoms with Crippen LogP contribution in [0.15, 0.2) is 29.1 Å². The molecule has 1 aromatic heterocycles. The third kappa shape index (κ3) is 4.24. The normalized spacial score (nSPS) is 14.6. The molecule has 1 N–H and O–H groups in total. The van der Waals surface area contributed by atoms with E-state index in [0.717, 1.165) is 22.5 Å². The Balaban J connectivity index is 1.60. The average molecular weight is 368 g/mol. The number of nitrogens with zero attached hydrogens (tertiary/aromatic N) is 3. The van der Waals surface area contributed by atoms with Crippen LogP contribution in [0.5, 0.6) is 0 Å². The number of hydrogen-bond donors (Lipinski definition) is 1. The van der Waals surface area contributed by atoms with Gasteiger partial charge in [0.2, 0.25) is 11.8 Å². The minimum atomic E-state index is -0.377. The number of aryl methyl sites for hydroxylation is 3. The van der Waals surface area contributed by atoms with E-state index in [0.29, 0.717) is 25.2 Å². The first-order valence-corrected chi connectivity index (χ1v) is 9.06. The summed E-state index contributed by atoms with van der Waals surface area (Å²) in [5.74, 6) is -0.131. The number of piperazine rings is 1. The molecule has 1 saturated heterocycles. The highest BCUT2D eigenvalue weighted by molar-refractivity contribution is 5.97. The molecular formula is C20H24N4O3. The Hall–Kier alpha value is -2.96. The number of hydrogen-bond acceptors (Lipinski definition) is 4. The number of anilines is 1. The summed E-state index contributed by atoms with van der Waals surface area (Å²) in [5, 5.41) is 0. The van der Waals surface area contributed by atoms with Crippen molar-refractivity contribution in [2.24, 2.45) is 0 Å². The number of H-pyrrole nitrogens is 1. The van der Waals surface area contributed by atoms with Crippen molar-refractivity contribution in [2.75, 3.05) is 24.5 Å². The molecule has 1 aliphatic rings. The molecule has 0 saturated carbocycles. The van der Waals surface area contributed by atoms with Crippen LogP contribution in [0.2, 0.25) is 0 Å². The van der Waals surface area contributed by atoms with E-state index in [1.165, 1.54) is 0 Å². The van der Waals surface area contributed by atoms with Crippen molar-refractivity contribution < 1.29 is 9.59 Å². The van der Waals surface area contributed by atoms with Gasteiger partial charge in [-0.1, -0.05) is 17.7 Å². The van der Waals surface area contributed by atoms with Gasteiger partial charge in [-0.2, -0.15) is 4.98 Å². The topological polar surface area (TPSA) is 86.4 Å². The van der Waals surface area contributed by atoms with Gasteiger partial charge < -0.3 is 14.8 Å². The summed E-state index contributed by atoms with van der Waals surface area (Å²) in [6, 6.07) is 7.81. The summed E-state index contributed by atoms with van der Waals surface area (Å²) in [6.07, 6.45) is 0.778. The quantitative estimate of drug-likeness (QED) is 0.886. The van der Waals surface area contributed by atoms with Gasteiger partial charge >= 0.3 is 5.69 Å². The Morgan fingerprint density at radius 3 is 2.44 bits per heavy atom. The molecule has 0 unspecified atom stereocenters. The third-order valence-electron chi connectivity index (χ3n) is 4.96. The predicted octanol–water partition coefficient (Wildman–Crippen LogP) is 1.50. The lowest BCUT2D eigenvalue weighted by Crippen LogP contribution is -2.52. The zero-order chi connectivity index (χ0) is 19.6. The molecule has 3 rings (SSSR count). The lowest BCUT2D eigenvalue weighted by molar-refractivity contribution is -0.136. The van der Waals surface area contributed by atoms with E-state index in [2.05, 4.69) is 9.97 Å². The molecule has 2 heterocycles. The van der Waals surface area contributed by atoms with Crippen LogP contribution in [0.4, 0.5) is 5.69 Å². The number of aromatic nitrogens is 2. The Kier molecular flexibility index (Phi) is 5.39. The van der Waals surface area contributed by atoms with Crippen molar-refractivity contribution in [2.45, 2.75) is 33.6 Å². The maximum atomic E-state index is 12.6. The second-order valence-electron chi connectivity index (χ2n) is 6.93. The fourth-order valence-electron chi connectivity index (χ4n) is 3.40. The molecular weight excluding hydrogens is 344 g/mol. The van der Waals surface area contributed by atoms with E-state index < -0.39 is 0 Å². The minimum absolute atomic E-state index is 0.0584. The van der Waals surface area contributed by atoms with Crippen LogP contribution in [-0.2, 0) is 16.0 Å². The van der Waals surface area contributed by atoms with Crippen LogP contribution < -0.4 is 10.6 Å². The summed E-state index contributed by atoms with van der Waals surface area (Å²) in [7, 11) is 0. The molecule has 0 aliphatic carbocycles. The lowest BCUT2D eigenvalue weighted by atomic mass is 10.1. The number of amides is 2. The molecule has 0 bridgehead atoms. The smallest absolute Gasteiger partial charge is 0.332 e. The summed E-state index contributed by atoms with van der Waals surface area (Å²) in [6.45, 7) is 6.68. The summed E-state index contributed by atoms with van der Waals surface area (Å²) in [5.41, 5.74) is 3.89. The summed E-state index contributed by atoms with van der Waals surface area (Å²) < 4.78 is 0. The first-order chi connectivity index (χ1) is 12.8. The molecule has 0 atom stereocenters. The Bertz CT molecular complexity index is 892. The highest BCUT2D eigenvalue weighted by atomic mass is 16.2. The number of carbonyl (C=O) groups is 2. The van der Waals surface area contributed by atoms with E-state index in [1.807, 2.05) is 31.2 Å². The minimum Gasteiger partial charge on any atom is -0.332 e. The molecule has 7 nitrogen and oxygen atoms in total. The standard InChI is InChI=1S/C20H24N4O3/c1-13-4-6-16(7-5-13)24-11-10-23(12-19(24)26)18(25)9-8-17-14(2)21-20(27)22-15(17)3/h4-7H,8-12H2,1-3H3,(H,21,22,27). The predicted molar refractivity (Wildman–Crippen MR) is 103 cm³/mol. The van der Waals surface area contributed by atoms with Crippen LogP contribution >= 0.6 is 0 Å². The molecule has 7 heteroatoms. The first-order valence-electron chi connectivity index (χ1n) is 9.06. The number of carbonyl (C=O) groups excluding carboxylic acids is 2. The largest absolute Gasteiger partial charge is 0.345 e. The monoisotopic (exact) mass is 368 g/mol. The van der Waals surface area contributed by atoms with Crippen LogP contribution in [0.1, 0.15) is 28.9 Å². The Morgan fingerprint density at radius 1 is 1.11 bits per heavy atom. The number of nitrogens with one attached hydrogen (secondary N) is 1. The zero-order valence-electron chi connectivity index (χ0n) is 15.9. The molecule has 0 radical (unpaired) electrons. The van der Waals surface area contributed by atoms with Gasteiger partial charge in [0, 0.05) is 36.6 Å². The van der Waals surface area contributed by atoms with Crippen molar-refractivity contribution in [3.63, 3.8) is 0 Å². The van der Waals surface area contributed by atoms with Gasteiger partial charge in [0.25, 0.3) is 0 Å². The van der Waals surface area contributed by atoms with E-state index in [-0.39, 0.29) is 30.5 Å². The van der Waals surface area contributed by atoms with Crippen LogP contribution in [0, 0.1) is 20.8 Å². The fraction of sp³-hybridized carbons (Fsp3) is 0.400. The molecule has 27 heavy (non-hydrogen) atoms. The molecule has 1 aliphatic heterocycles. The third-order valence-corrected chi connectivity index (χ3v) is 4.96. The molecule has 2 aromatic rings. The fourth-order valence-corrected chi connectivity index (χ4v) is 3.40. The van der Waals surface area contributed by atoms with Gasteiger partial charge in [-0.05, 0) is 44.9 Å². The molecule has 1 aromatic carbocycles. The van der Waals surface area contributed by atoms with Crippen molar-refractivity contribution in [1.82, 2.24) is 14.9 Å². The van der Waals surface area contributed by atoms with Gasteiger partial charge in [0.05, 0.1) is 0 Å². The second kappa shape index (κ2) is 7.73. The molecule has 0 spiro atoms. The van der Waals surface area contributed by atoms with Crippen molar-refractivity contribution in [3.8, 4) is 0 Å². The average Bonchev–Trinajstić information content (AvgIpc) is 2.61. The maximum Gasteiger partial charge on any atom is 0.345 e. The van der Waals surface area contributed by atoms with Crippen LogP contribution in [-0.4, -0.2) is 46.3 Å². The van der Waals surface area contributed by atoms with Gasteiger partial charge in [-0.25, -0.2) is 4.79 Å². The van der Waals surface area contributed by atoms with Gasteiger partial charge in [0.15, 0.2) is 0 Å². The van der Waals surface area contributed by atoms with Gasteiger partial charge in [-0.15, -0.1) is 0 Å². The summed E-state index contributed by atoms with van der Waals surface area (Å²) >= 11 is 0. The van der Waals surface area contributed by atoms with Crippen LogP contribution in [0.3, 0.4) is 0 Å². The van der Waals surface area contributed by atoms with E-state index >= 15 is 0 Å². The highest BCUT2D eigenvalue weighted by Crippen LogP contribution is 2.19. The van der Waals surface area contributed by atoms with Crippen LogP contribution in [0.25, 0.3) is 0 Å².